The molecule has 1 N–H and O–H groups in total. The Labute approximate surface area is 150 Å². The third-order valence-electron chi connectivity index (χ3n) is 4.97. The number of nitrogens with zero attached hydrogens (tertiary/aromatic N) is 3. The first-order chi connectivity index (χ1) is 12.1. The molecule has 0 aliphatic carbocycles. The van der Waals surface area contributed by atoms with Crippen molar-refractivity contribution in [1.29, 1.82) is 0 Å². The lowest BCUT2D eigenvalue weighted by Crippen LogP contribution is -2.45. The van der Waals surface area contributed by atoms with Crippen LogP contribution in [0.15, 0.2) is 36.4 Å². The molecule has 1 fully saturated rings. The second-order valence-corrected chi connectivity index (χ2v) is 7.01. The van der Waals surface area contributed by atoms with E-state index in [1.165, 1.54) is 11.3 Å². The van der Waals surface area contributed by atoms with Gasteiger partial charge in [0.1, 0.15) is 0 Å². The first kappa shape index (κ1) is 17.5. The molecule has 2 amide bonds. The van der Waals surface area contributed by atoms with Gasteiger partial charge in [0.05, 0.1) is 5.69 Å². The van der Waals surface area contributed by atoms with Gasteiger partial charge >= 0.3 is 6.03 Å². The van der Waals surface area contributed by atoms with Gasteiger partial charge in [0.25, 0.3) is 0 Å². The molecule has 1 aromatic carbocycles. The Morgan fingerprint density at radius 2 is 1.92 bits per heavy atom. The number of hydrogen-bond donors (Lipinski definition) is 1. The van der Waals surface area contributed by atoms with Crippen molar-refractivity contribution in [3.63, 3.8) is 0 Å². The molecule has 3 rings (SSSR count). The molecule has 0 bridgehead atoms. The fourth-order valence-corrected chi connectivity index (χ4v) is 3.49. The predicted molar refractivity (Wildman–Crippen MR) is 99.5 cm³/mol. The SMILES string of the molecule is Cc1cc(C)n(CC2CCN(C(=O)NCCc3ccccc3)CC2)n1. The second-order valence-electron chi connectivity index (χ2n) is 7.01. The van der Waals surface area contributed by atoms with Crippen LogP contribution in [0.25, 0.3) is 0 Å². The van der Waals surface area contributed by atoms with Crippen molar-refractivity contribution in [2.75, 3.05) is 19.6 Å². The minimum atomic E-state index is 0.0699. The summed E-state index contributed by atoms with van der Waals surface area (Å²) >= 11 is 0. The number of hydrogen-bond acceptors (Lipinski definition) is 2. The molecule has 0 radical (unpaired) electrons. The highest BCUT2D eigenvalue weighted by molar-refractivity contribution is 5.74. The van der Waals surface area contributed by atoms with E-state index in [0.29, 0.717) is 12.5 Å². The van der Waals surface area contributed by atoms with Crippen LogP contribution in [0.3, 0.4) is 0 Å². The van der Waals surface area contributed by atoms with E-state index in [2.05, 4.69) is 40.2 Å². The topological polar surface area (TPSA) is 50.2 Å². The van der Waals surface area contributed by atoms with Gasteiger partial charge in [-0.05, 0) is 50.7 Å². The van der Waals surface area contributed by atoms with Gasteiger partial charge in [0.2, 0.25) is 0 Å². The summed E-state index contributed by atoms with van der Waals surface area (Å²) in [4.78, 5) is 14.3. The van der Waals surface area contributed by atoms with Crippen molar-refractivity contribution in [3.05, 3.63) is 53.3 Å². The lowest BCUT2D eigenvalue weighted by Gasteiger charge is -2.32. The number of amides is 2. The molecule has 0 unspecified atom stereocenters. The van der Waals surface area contributed by atoms with Crippen LogP contribution in [0.1, 0.15) is 29.8 Å². The van der Waals surface area contributed by atoms with Gasteiger partial charge < -0.3 is 10.2 Å². The zero-order valence-electron chi connectivity index (χ0n) is 15.2. The van der Waals surface area contributed by atoms with Gasteiger partial charge in [-0.1, -0.05) is 30.3 Å². The minimum Gasteiger partial charge on any atom is -0.338 e. The van der Waals surface area contributed by atoms with Crippen LogP contribution in [0.5, 0.6) is 0 Å². The number of aryl methyl sites for hydroxylation is 2. The first-order valence-corrected chi connectivity index (χ1v) is 9.19. The normalized spacial score (nSPS) is 15.4. The number of benzene rings is 1. The van der Waals surface area contributed by atoms with Crippen LogP contribution in [-0.2, 0) is 13.0 Å². The highest BCUT2D eigenvalue weighted by Gasteiger charge is 2.23. The van der Waals surface area contributed by atoms with E-state index < -0.39 is 0 Å². The highest BCUT2D eigenvalue weighted by Crippen LogP contribution is 2.20. The summed E-state index contributed by atoms with van der Waals surface area (Å²) in [5, 5.41) is 7.60. The Hall–Kier alpha value is -2.30. The molecule has 134 valence electrons. The first-order valence-electron chi connectivity index (χ1n) is 9.19. The zero-order valence-corrected chi connectivity index (χ0v) is 15.2. The highest BCUT2D eigenvalue weighted by atomic mass is 16.2. The number of nitrogens with one attached hydrogen (secondary N) is 1. The average molecular weight is 340 g/mol. The van der Waals surface area contributed by atoms with E-state index in [9.17, 15) is 4.79 Å². The monoisotopic (exact) mass is 340 g/mol. The molecule has 5 heteroatoms. The maximum absolute atomic E-state index is 12.3. The number of rotatable bonds is 5. The summed E-state index contributed by atoms with van der Waals surface area (Å²) in [5.41, 5.74) is 3.55. The van der Waals surface area contributed by atoms with Gasteiger partial charge in [-0.25, -0.2) is 4.79 Å². The molecule has 2 aromatic rings. The molecule has 0 atom stereocenters. The van der Waals surface area contributed by atoms with Gasteiger partial charge in [-0.3, -0.25) is 4.68 Å². The average Bonchev–Trinajstić information content (AvgIpc) is 2.93. The van der Waals surface area contributed by atoms with Crippen molar-refractivity contribution >= 4 is 6.03 Å². The van der Waals surface area contributed by atoms with Crippen LogP contribution in [-0.4, -0.2) is 40.3 Å². The number of urea groups is 1. The number of aromatic nitrogens is 2. The van der Waals surface area contributed by atoms with Crippen molar-refractivity contribution in [2.45, 2.75) is 39.7 Å². The number of piperidine rings is 1. The predicted octanol–water partition coefficient (Wildman–Crippen LogP) is 3.16. The van der Waals surface area contributed by atoms with Gasteiger partial charge in [-0.15, -0.1) is 0 Å². The third-order valence-corrected chi connectivity index (χ3v) is 4.97. The van der Waals surface area contributed by atoms with Crippen LogP contribution in [0.4, 0.5) is 4.79 Å². The molecule has 2 heterocycles. The molecular weight excluding hydrogens is 312 g/mol. The van der Waals surface area contributed by atoms with Gasteiger partial charge in [0, 0.05) is 31.9 Å². The van der Waals surface area contributed by atoms with Gasteiger partial charge in [0.15, 0.2) is 0 Å². The molecular formula is C20H28N4O. The van der Waals surface area contributed by atoms with Crippen molar-refractivity contribution in [1.82, 2.24) is 20.0 Å². The van der Waals surface area contributed by atoms with E-state index in [1.54, 1.807) is 0 Å². The lowest BCUT2D eigenvalue weighted by molar-refractivity contribution is 0.164. The van der Waals surface area contributed by atoms with Crippen LogP contribution >= 0.6 is 0 Å². The molecule has 5 nitrogen and oxygen atoms in total. The fraction of sp³-hybridized carbons (Fsp3) is 0.500. The van der Waals surface area contributed by atoms with E-state index in [0.717, 1.165) is 44.6 Å². The van der Waals surface area contributed by atoms with Crippen LogP contribution in [0.2, 0.25) is 0 Å². The number of carbonyl (C=O) groups excluding carboxylic acids is 1. The van der Waals surface area contributed by atoms with E-state index in [-0.39, 0.29) is 6.03 Å². The summed E-state index contributed by atoms with van der Waals surface area (Å²) < 4.78 is 2.11. The Morgan fingerprint density at radius 1 is 1.20 bits per heavy atom. The van der Waals surface area contributed by atoms with Crippen LogP contribution in [0, 0.1) is 19.8 Å². The second kappa shape index (κ2) is 8.19. The summed E-state index contributed by atoms with van der Waals surface area (Å²) in [6.07, 6.45) is 2.97. The molecule has 1 saturated heterocycles. The standard InChI is InChI=1S/C20H28N4O/c1-16-14-17(2)24(22-16)15-19-9-12-23(13-10-19)20(25)21-11-8-18-6-4-3-5-7-18/h3-7,14,19H,8-13,15H2,1-2H3,(H,21,25). The Morgan fingerprint density at radius 3 is 2.56 bits per heavy atom. The summed E-state index contributed by atoms with van der Waals surface area (Å²) in [5.74, 6) is 0.603. The number of likely N-dealkylation sites (tertiary alicyclic amines) is 1. The Bertz CT molecular complexity index is 687. The maximum atomic E-state index is 12.3. The quantitative estimate of drug-likeness (QED) is 0.909. The molecule has 1 aromatic heterocycles. The van der Waals surface area contributed by atoms with Crippen molar-refractivity contribution in [3.8, 4) is 0 Å². The van der Waals surface area contributed by atoms with Gasteiger partial charge in [-0.2, -0.15) is 5.10 Å². The van der Waals surface area contributed by atoms with Crippen molar-refractivity contribution < 1.29 is 4.79 Å². The Kier molecular flexibility index (Phi) is 5.74. The summed E-state index contributed by atoms with van der Waals surface area (Å²) in [7, 11) is 0. The largest absolute Gasteiger partial charge is 0.338 e. The molecule has 1 aliphatic heterocycles. The van der Waals surface area contributed by atoms with E-state index >= 15 is 0 Å². The lowest BCUT2D eigenvalue weighted by atomic mass is 9.97. The molecule has 25 heavy (non-hydrogen) atoms. The van der Waals surface area contributed by atoms with Crippen LogP contribution < -0.4 is 5.32 Å². The third kappa shape index (κ3) is 4.84. The zero-order chi connectivity index (χ0) is 17.6. The summed E-state index contributed by atoms with van der Waals surface area (Å²) in [6.45, 7) is 7.46. The van der Waals surface area contributed by atoms with E-state index in [4.69, 9.17) is 0 Å². The maximum Gasteiger partial charge on any atom is 0.317 e. The number of carbonyl (C=O) groups is 1. The van der Waals surface area contributed by atoms with E-state index in [1.807, 2.05) is 30.0 Å². The van der Waals surface area contributed by atoms with Crippen molar-refractivity contribution in [2.24, 2.45) is 5.92 Å². The fourth-order valence-electron chi connectivity index (χ4n) is 3.49. The molecule has 1 aliphatic rings. The smallest absolute Gasteiger partial charge is 0.317 e. The molecule has 0 spiro atoms. The Balaban J connectivity index is 1.39. The molecule has 0 saturated carbocycles. The minimum absolute atomic E-state index is 0.0699. The summed E-state index contributed by atoms with van der Waals surface area (Å²) in [6, 6.07) is 12.5.